The molecular formula is C7H8N2O4. The second-order valence-corrected chi connectivity index (χ2v) is 2.13. The number of esters is 1. The van der Waals surface area contributed by atoms with Crippen molar-refractivity contribution in [3.63, 3.8) is 0 Å². The minimum Gasteiger partial charge on any atom is -0.480 e. The van der Waals surface area contributed by atoms with Crippen LogP contribution < -0.4 is 5.73 Å². The van der Waals surface area contributed by atoms with E-state index < -0.39 is 30.2 Å². The third-order valence-corrected chi connectivity index (χ3v) is 1.09. The van der Waals surface area contributed by atoms with Crippen molar-refractivity contribution in [2.75, 3.05) is 6.61 Å². The van der Waals surface area contributed by atoms with Crippen LogP contribution in [0.2, 0.25) is 0 Å². The van der Waals surface area contributed by atoms with Crippen molar-refractivity contribution >= 4 is 11.9 Å². The molecule has 0 aromatic rings. The highest BCUT2D eigenvalue weighted by molar-refractivity contribution is 5.92. The number of hydrogen-bond acceptors (Lipinski definition) is 5. The fraction of sp³-hybridized carbons (Fsp3) is 0.286. The highest BCUT2D eigenvalue weighted by atomic mass is 16.5. The van der Waals surface area contributed by atoms with Crippen LogP contribution in [0.4, 0.5) is 0 Å². The Bertz CT molecular complexity index is 279. The van der Waals surface area contributed by atoms with E-state index in [0.717, 1.165) is 0 Å². The van der Waals surface area contributed by atoms with Crippen LogP contribution >= 0.6 is 0 Å². The SMILES string of the molecule is C=C(C#N)C(=O)OCC(N)C(=O)O. The van der Waals surface area contributed by atoms with E-state index in [1.807, 2.05) is 0 Å². The third kappa shape index (κ3) is 3.88. The summed E-state index contributed by atoms with van der Waals surface area (Å²) < 4.78 is 4.35. The van der Waals surface area contributed by atoms with Gasteiger partial charge in [0.25, 0.3) is 0 Å². The zero-order valence-corrected chi connectivity index (χ0v) is 6.69. The highest BCUT2D eigenvalue weighted by Gasteiger charge is 2.15. The Morgan fingerprint density at radius 2 is 2.23 bits per heavy atom. The van der Waals surface area contributed by atoms with Gasteiger partial charge in [-0.05, 0) is 0 Å². The summed E-state index contributed by atoms with van der Waals surface area (Å²) in [6.07, 6.45) is 0. The molecule has 0 saturated carbocycles. The third-order valence-electron chi connectivity index (χ3n) is 1.09. The molecule has 0 heterocycles. The number of carbonyl (C=O) groups is 2. The fourth-order valence-corrected chi connectivity index (χ4v) is 0.370. The molecule has 6 nitrogen and oxygen atoms in total. The average Bonchev–Trinajstić information content (AvgIpc) is 2.11. The number of nitrogens with two attached hydrogens (primary N) is 1. The van der Waals surface area contributed by atoms with E-state index in [2.05, 4.69) is 11.3 Å². The first-order valence-electron chi connectivity index (χ1n) is 3.23. The van der Waals surface area contributed by atoms with Crippen molar-refractivity contribution in [3.05, 3.63) is 12.2 Å². The monoisotopic (exact) mass is 184 g/mol. The molecule has 70 valence electrons. The summed E-state index contributed by atoms with van der Waals surface area (Å²) in [6, 6.07) is 0.178. The van der Waals surface area contributed by atoms with E-state index in [-0.39, 0.29) is 0 Å². The largest absolute Gasteiger partial charge is 0.480 e. The van der Waals surface area contributed by atoms with E-state index in [9.17, 15) is 9.59 Å². The molecule has 0 aliphatic heterocycles. The lowest BCUT2D eigenvalue weighted by atomic mass is 10.3. The van der Waals surface area contributed by atoms with Gasteiger partial charge >= 0.3 is 11.9 Å². The van der Waals surface area contributed by atoms with Gasteiger partial charge in [0.1, 0.15) is 24.3 Å². The topological polar surface area (TPSA) is 113 Å². The van der Waals surface area contributed by atoms with Gasteiger partial charge < -0.3 is 15.6 Å². The molecule has 0 aromatic carbocycles. The molecular weight excluding hydrogens is 176 g/mol. The summed E-state index contributed by atoms with van der Waals surface area (Å²) >= 11 is 0. The van der Waals surface area contributed by atoms with Crippen molar-refractivity contribution in [1.82, 2.24) is 0 Å². The van der Waals surface area contributed by atoms with Gasteiger partial charge in [-0.25, -0.2) is 4.79 Å². The standard InChI is InChI=1S/C7H8N2O4/c1-4(2-8)7(12)13-3-5(9)6(10)11/h5H,1,3,9H2,(H,10,11). The zero-order valence-electron chi connectivity index (χ0n) is 6.69. The maximum atomic E-state index is 10.7. The highest BCUT2D eigenvalue weighted by Crippen LogP contribution is 1.93. The second kappa shape index (κ2) is 4.90. The van der Waals surface area contributed by atoms with Gasteiger partial charge in [0.15, 0.2) is 0 Å². The zero-order chi connectivity index (χ0) is 10.4. The number of ether oxygens (including phenoxy) is 1. The molecule has 0 bridgehead atoms. The Labute approximate surface area is 74.2 Å². The van der Waals surface area contributed by atoms with Crippen LogP contribution in [0.5, 0.6) is 0 Å². The fourth-order valence-electron chi connectivity index (χ4n) is 0.370. The first-order chi connectivity index (χ1) is 5.99. The van der Waals surface area contributed by atoms with Crippen LogP contribution in [0.15, 0.2) is 12.2 Å². The van der Waals surface area contributed by atoms with Gasteiger partial charge in [0, 0.05) is 0 Å². The summed E-state index contributed by atoms with van der Waals surface area (Å²) in [4.78, 5) is 20.9. The Balaban J connectivity index is 3.92. The molecule has 0 fully saturated rings. The molecule has 0 radical (unpaired) electrons. The van der Waals surface area contributed by atoms with Crippen LogP contribution in [-0.4, -0.2) is 29.7 Å². The van der Waals surface area contributed by atoms with E-state index >= 15 is 0 Å². The molecule has 0 amide bonds. The first kappa shape index (κ1) is 11.1. The quantitative estimate of drug-likeness (QED) is 0.330. The number of carboxylic acids is 1. The Kier molecular flexibility index (Phi) is 4.19. The number of hydrogen-bond donors (Lipinski definition) is 2. The molecule has 0 spiro atoms. The minimum atomic E-state index is -1.28. The second-order valence-electron chi connectivity index (χ2n) is 2.13. The molecule has 1 atom stereocenters. The van der Waals surface area contributed by atoms with Gasteiger partial charge in [-0.2, -0.15) is 5.26 Å². The normalized spacial score (nSPS) is 11.1. The van der Waals surface area contributed by atoms with Crippen molar-refractivity contribution < 1.29 is 19.4 Å². The molecule has 0 aromatic heterocycles. The van der Waals surface area contributed by atoms with Crippen molar-refractivity contribution in [2.24, 2.45) is 5.73 Å². The summed E-state index contributed by atoms with van der Waals surface area (Å²) in [5.74, 6) is -2.24. The summed E-state index contributed by atoms with van der Waals surface area (Å²) in [6.45, 7) is 2.59. The minimum absolute atomic E-state index is 0.391. The maximum Gasteiger partial charge on any atom is 0.348 e. The predicted molar refractivity (Wildman–Crippen MR) is 41.3 cm³/mol. The van der Waals surface area contributed by atoms with Crippen molar-refractivity contribution in [1.29, 1.82) is 5.26 Å². The molecule has 6 heteroatoms. The van der Waals surface area contributed by atoms with E-state index in [1.54, 1.807) is 0 Å². The Morgan fingerprint density at radius 1 is 1.69 bits per heavy atom. The number of carboxylic acid groups (broad SMARTS) is 1. The lowest BCUT2D eigenvalue weighted by molar-refractivity contribution is -0.144. The number of nitrogens with zero attached hydrogens (tertiary/aromatic N) is 1. The van der Waals surface area contributed by atoms with Gasteiger partial charge in [-0.15, -0.1) is 0 Å². The van der Waals surface area contributed by atoms with Crippen LogP contribution in [0.25, 0.3) is 0 Å². The predicted octanol–water partition coefficient (Wildman–Crippen LogP) is -0.979. The number of carbonyl (C=O) groups excluding carboxylic acids is 1. The number of nitriles is 1. The van der Waals surface area contributed by atoms with Crippen LogP contribution in [-0.2, 0) is 14.3 Å². The van der Waals surface area contributed by atoms with E-state index in [0.29, 0.717) is 0 Å². The van der Waals surface area contributed by atoms with Gasteiger partial charge in [-0.3, -0.25) is 4.79 Å². The van der Waals surface area contributed by atoms with Gasteiger partial charge in [-0.1, -0.05) is 6.58 Å². The summed E-state index contributed by atoms with van der Waals surface area (Å²) in [7, 11) is 0. The lowest BCUT2D eigenvalue weighted by Crippen LogP contribution is -2.35. The number of rotatable bonds is 4. The van der Waals surface area contributed by atoms with Crippen LogP contribution in [0.1, 0.15) is 0 Å². The van der Waals surface area contributed by atoms with Gasteiger partial charge in [0.2, 0.25) is 0 Å². The molecule has 0 rings (SSSR count). The first-order valence-corrected chi connectivity index (χ1v) is 3.23. The molecule has 1 unspecified atom stereocenters. The van der Waals surface area contributed by atoms with Crippen molar-refractivity contribution in [2.45, 2.75) is 6.04 Å². The molecule has 0 saturated heterocycles. The molecule has 0 aliphatic rings. The molecule has 0 aliphatic carbocycles. The van der Waals surface area contributed by atoms with Crippen LogP contribution in [0.3, 0.4) is 0 Å². The smallest absolute Gasteiger partial charge is 0.348 e. The van der Waals surface area contributed by atoms with Gasteiger partial charge in [0.05, 0.1) is 0 Å². The van der Waals surface area contributed by atoms with Crippen LogP contribution in [0, 0.1) is 11.3 Å². The lowest BCUT2D eigenvalue weighted by Gasteiger charge is -2.06. The Morgan fingerprint density at radius 3 is 2.62 bits per heavy atom. The van der Waals surface area contributed by atoms with E-state index in [4.69, 9.17) is 16.1 Å². The molecule has 3 N–H and O–H groups in total. The average molecular weight is 184 g/mol. The van der Waals surface area contributed by atoms with Crippen molar-refractivity contribution in [3.8, 4) is 6.07 Å². The molecule has 13 heavy (non-hydrogen) atoms. The summed E-state index contributed by atoms with van der Waals surface area (Å²) in [5.41, 5.74) is 4.63. The van der Waals surface area contributed by atoms with E-state index in [1.165, 1.54) is 6.07 Å². The Hall–Kier alpha value is -1.87. The summed E-state index contributed by atoms with van der Waals surface area (Å²) in [5, 5.41) is 16.5. The maximum absolute atomic E-state index is 10.7. The number of aliphatic carboxylic acids is 1.